The normalized spacial score (nSPS) is 17.4. The summed E-state index contributed by atoms with van der Waals surface area (Å²) in [6.45, 7) is 4.37. The van der Waals surface area contributed by atoms with Crippen molar-refractivity contribution < 1.29 is 49.3 Å². The highest BCUT2D eigenvalue weighted by Gasteiger charge is 2.44. The second-order valence-electron chi connectivity index (χ2n) is 29.5. The average Bonchev–Trinajstić information content (AvgIpc) is 1.06. The molecule has 11 heteroatoms. The van der Waals surface area contributed by atoms with E-state index in [2.05, 4.69) is 43.5 Å². The minimum absolute atomic E-state index is 0.00495. The van der Waals surface area contributed by atoms with E-state index >= 15 is 0 Å². The smallest absolute Gasteiger partial charge is 0.305 e. The van der Waals surface area contributed by atoms with Crippen molar-refractivity contribution in [2.45, 2.75) is 474 Å². The Morgan fingerprint density at radius 3 is 1.07 bits per heavy atom. The molecule has 96 heavy (non-hydrogen) atoms. The zero-order valence-corrected chi connectivity index (χ0v) is 63.4. The summed E-state index contributed by atoms with van der Waals surface area (Å²) in [5, 5.41) is 54.6. The molecule has 1 rings (SSSR count). The van der Waals surface area contributed by atoms with Gasteiger partial charge in [0.05, 0.1) is 32.0 Å². The van der Waals surface area contributed by atoms with Crippen molar-refractivity contribution in [2.75, 3.05) is 19.8 Å². The number of ether oxygens (including phenoxy) is 3. The number of nitrogens with one attached hydrogen (secondary N) is 1. The largest absolute Gasteiger partial charge is 0.466 e. The lowest BCUT2D eigenvalue weighted by molar-refractivity contribution is -0.302. The van der Waals surface area contributed by atoms with E-state index in [1.807, 2.05) is 6.08 Å². The monoisotopic (exact) mass is 1360 g/mol. The highest BCUT2D eigenvalue weighted by molar-refractivity contribution is 5.76. The first-order valence-corrected chi connectivity index (χ1v) is 42.3. The Balaban J connectivity index is 1.87. The third kappa shape index (κ3) is 61.7. The molecule has 1 aliphatic rings. The van der Waals surface area contributed by atoms with Crippen LogP contribution in [-0.2, 0) is 23.8 Å². The lowest BCUT2D eigenvalue weighted by Crippen LogP contribution is -2.60. The Labute approximate surface area is 594 Å². The molecule has 0 spiro atoms. The third-order valence-corrected chi connectivity index (χ3v) is 20.2. The van der Waals surface area contributed by atoms with Crippen molar-refractivity contribution in [3.05, 3.63) is 36.5 Å². The molecule has 0 radical (unpaired) electrons. The molecule has 1 amide bonds. The maximum Gasteiger partial charge on any atom is 0.305 e. The van der Waals surface area contributed by atoms with Crippen LogP contribution in [0.5, 0.6) is 0 Å². The maximum absolute atomic E-state index is 13.1. The lowest BCUT2D eigenvalue weighted by atomic mass is 9.99. The molecule has 0 aromatic heterocycles. The number of carbonyl (C=O) groups is 2. The Bertz CT molecular complexity index is 1690. The van der Waals surface area contributed by atoms with Crippen LogP contribution < -0.4 is 5.32 Å². The quantitative estimate of drug-likeness (QED) is 0.0195. The van der Waals surface area contributed by atoms with Gasteiger partial charge in [-0.05, 0) is 64.2 Å². The average molecular weight is 1360 g/mol. The zero-order chi connectivity index (χ0) is 69.4. The molecule has 11 nitrogen and oxygen atoms in total. The maximum atomic E-state index is 13.1. The SMILES string of the molecule is CCCCC/C=C\C/C=C\CCCCCCCC(=O)OCCCCCCCCCCCCCCCCCCCCCCCCCCCCCCCCCCCCCCCCCC(=O)NC(COC1OC(CO)C(O)C(O)C1O)C(O)/C=C/CCCCCCCCCCCCCC. The van der Waals surface area contributed by atoms with Crippen molar-refractivity contribution in [1.29, 1.82) is 0 Å². The van der Waals surface area contributed by atoms with Gasteiger partial charge in [-0.3, -0.25) is 9.59 Å². The first-order valence-electron chi connectivity index (χ1n) is 42.3. The summed E-state index contributed by atoms with van der Waals surface area (Å²) in [5.41, 5.74) is 0. The van der Waals surface area contributed by atoms with Crippen LogP contribution in [0.25, 0.3) is 0 Å². The number of hydrogen-bond donors (Lipinski definition) is 6. The van der Waals surface area contributed by atoms with Gasteiger partial charge in [-0.15, -0.1) is 0 Å². The van der Waals surface area contributed by atoms with Gasteiger partial charge in [0, 0.05) is 12.8 Å². The highest BCUT2D eigenvalue weighted by Crippen LogP contribution is 2.24. The van der Waals surface area contributed by atoms with Crippen LogP contribution in [0.3, 0.4) is 0 Å². The van der Waals surface area contributed by atoms with Gasteiger partial charge in [0.1, 0.15) is 24.4 Å². The summed E-state index contributed by atoms with van der Waals surface area (Å²) < 4.78 is 16.8. The number of rotatable bonds is 76. The zero-order valence-electron chi connectivity index (χ0n) is 63.4. The van der Waals surface area contributed by atoms with Crippen molar-refractivity contribution >= 4 is 11.9 Å². The van der Waals surface area contributed by atoms with Gasteiger partial charge in [0.2, 0.25) is 5.91 Å². The van der Waals surface area contributed by atoms with Gasteiger partial charge in [-0.25, -0.2) is 0 Å². The number of aliphatic hydroxyl groups is 5. The van der Waals surface area contributed by atoms with Crippen LogP contribution in [-0.4, -0.2) is 100 Å². The van der Waals surface area contributed by atoms with Crippen molar-refractivity contribution in [3.8, 4) is 0 Å². The fourth-order valence-electron chi connectivity index (χ4n) is 13.6. The predicted octanol–water partition coefficient (Wildman–Crippen LogP) is 23.3. The van der Waals surface area contributed by atoms with E-state index in [0.29, 0.717) is 19.4 Å². The fourth-order valence-corrected chi connectivity index (χ4v) is 13.6. The molecular weight excluding hydrogens is 1190 g/mol. The minimum atomic E-state index is -1.57. The van der Waals surface area contributed by atoms with Gasteiger partial charge < -0.3 is 45.1 Å². The lowest BCUT2D eigenvalue weighted by Gasteiger charge is -2.40. The molecular formula is C85H161NO10. The Morgan fingerprint density at radius 1 is 0.385 bits per heavy atom. The number of carbonyl (C=O) groups excluding carboxylic acids is 2. The van der Waals surface area contributed by atoms with Gasteiger partial charge in [0.25, 0.3) is 0 Å². The predicted molar refractivity (Wildman–Crippen MR) is 407 cm³/mol. The number of esters is 1. The molecule has 1 heterocycles. The molecule has 7 atom stereocenters. The standard InChI is InChI=1S/C85H161NO10/c1-3-5-7-9-11-13-15-17-44-49-53-57-61-65-69-73-81(90)94-74-70-66-62-58-54-50-46-43-41-39-37-35-33-31-29-27-25-23-21-19-20-22-24-26-28-30-32-34-36-38-40-42-45-48-52-56-60-64-68-72-80(89)86-77(76-95-85-84(93)83(92)82(91)79(75-87)96-85)78(88)71-67-63-59-55-51-47-18-16-14-12-10-8-6-4-2/h11,13,17,44,67,71,77-79,82-85,87-88,91-93H,3-10,12,14-16,18-43,45-66,68-70,72-76H2,1-2H3,(H,86,89)/b13-11-,44-17-,71-67+. The molecule has 1 fully saturated rings. The summed E-state index contributed by atoms with van der Waals surface area (Å²) >= 11 is 0. The van der Waals surface area contributed by atoms with Gasteiger partial charge in [-0.2, -0.15) is 0 Å². The Hall–Kier alpha value is -2.12. The molecule has 0 saturated carbocycles. The second-order valence-corrected chi connectivity index (χ2v) is 29.5. The van der Waals surface area contributed by atoms with Crippen LogP contribution >= 0.6 is 0 Å². The first-order chi connectivity index (χ1) is 47.2. The summed E-state index contributed by atoms with van der Waals surface area (Å²) in [5.74, 6) is -0.167. The van der Waals surface area contributed by atoms with E-state index in [0.717, 1.165) is 64.2 Å². The highest BCUT2D eigenvalue weighted by atomic mass is 16.7. The third-order valence-electron chi connectivity index (χ3n) is 20.2. The van der Waals surface area contributed by atoms with Crippen LogP contribution in [0.4, 0.5) is 0 Å². The van der Waals surface area contributed by atoms with Crippen molar-refractivity contribution in [1.82, 2.24) is 5.32 Å². The second kappa shape index (κ2) is 74.1. The first kappa shape index (κ1) is 91.9. The molecule has 0 aliphatic carbocycles. The van der Waals surface area contributed by atoms with Crippen molar-refractivity contribution in [3.63, 3.8) is 0 Å². The number of hydrogen-bond acceptors (Lipinski definition) is 10. The van der Waals surface area contributed by atoms with E-state index < -0.39 is 49.5 Å². The Morgan fingerprint density at radius 2 is 0.698 bits per heavy atom. The number of allylic oxidation sites excluding steroid dienone is 5. The van der Waals surface area contributed by atoms with Crippen LogP contribution in [0.1, 0.15) is 431 Å². The molecule has 7 unspecified atom stereocenters. The summed E-state index contributed by atoms with van der Waals surface area (Å²) in [6.07, 6.45) is 87.6. The van der Waals surface area contributed by atoms with Gasteiger partial charge in [0.15, 0.2) is 6.29 Å². The van der Waals surface area contributed by atoms with Gasteiger partial charge in [-0.1, -0.05) is 391 Å². The Kier molecular flexibility index (Phi) is 70.9. The molecule has 566 valence electrons. The summed E-state index contributed by atoms with van der Waals surface area (Å²) in [4.78, 5) is 25.2. The molecule has 6 N–H and O–H groups in total. The summed E-state index contributed by atoms with van der Waals surface area (Å²) in [6, 6.07) is -0.805. The number of unbranched alkanes of at least 4 members (excludes halogenated alkanes) is 58. The molecule has 0 aromatic carbocycles. The fraction of sp³-hybridized carbons (Fsp3) is 0.906. The molecule has 0 bridgehead atoms. The summed E-state index contributed by atoms with van der Waals surface area (Å²) in [7, 11) is 0. The minimum Gasteiger partial charge on any atom is -0.466 e. The van der Waals surface area contributed by atoms with E-state index in [9.17, 15) is 35.1 Å². The van der Waals surface area contributed by atoms with Gasteiger partial charge >= 0.3 is 5.97 Å². The molecule has 1 saturated heterocycles. The number of aliphatic hydroxyl groups excluding tert-OH is 5. The van der Waals surface area contributed by atoms with E-state index in [1.165, 1.54) is 340 Å². The van der Waals surface area contributed by atoms with E-state index in [1.54, 1.807) is 6.08 Å². The molecule has 0 aromatic rings. The van der Waals surface area contributed by atoms with E-state index in [-0.39, 0.29) is 18.5 Å². The number of amides is 1. The topological polar surface area (TPSA) is 175 Å². The molecule has 1 aliphatic heterocycles. The van der Waals surface area contributed by atoms with Crippen LogP contribution in [0.2, 0.25) is 0 Å². The van der Waals surface area contributed by atoms with E-state index in [4.69, 9.17) is 14.2 Å². The van der Waals surface area contributed by atoms with Crippen LogP contribution in [0.15, 0.2) is 36.5 Å². The van der Waals surface area contributed by atoms with Crippen molar-refractivity contribution in [2.24, 2.45) is 0 Å². The van der Waals surface area contributed by atoms with Crippen LogP contribution in [0, 0.1) is 0 Å².